The predicted molar refractivity (Wildman–Crippen MR) is 125 cm³/mol. The van der Waals surface area contributed by atoms with Crippen molar-refractivity contribution < 1.29 is 1.43 Å². The third kappa shape index (κ3) is 3.68. The summed E-state index contributed by atoms with van der Waals surface area (Å²) in [5.41, 5.74) is 3.98. The van der Waals surface area contributed by atoms with Crippen molar-refractivity contribution in [2.75, 3.05) is 5.32 Å². The Morgan fingerprint density at radius 2 is 1.97 bits per heavy atom. The molecule has 0 radical (unpaired) electrons. The van der Waals surface area contributed by atoms with Gasteiger partial charge in [0, 0.05) is 29.8 Å². The van der Waals surface area contributed by atoms with E-state index in [0.717, 1.165) is 22.6 Å². The van der Waals surface area contributed by atoms with Crippen LogP contribution in [0, 0.1) is 0 Å². The monoisotopic (exact) mass is 399 g/mol. The largest absolute Gasteiger partial charge is 0.341 e. The number of aromatic nitrogens is 2. The summed E-state index contributed by atoms with van der Waals surface area (Å²) in [6.07, 6.45) is 5.15. The molecule has 0 bridgehead atoms. The Balaban J connectivity index is 0.00000256. The molecule has 0 amide bonds. The topological polar surface area (TPSA) is 46.9 Å². The van der Waals surface area contributed by atoms with Crippen LogP contribution in [-0.2, 0) is 0 Å². The Hall–Kier alpha value is -3.70. The fraction of sp³-hybridized carbons (Fsp3) is 0. The quantitative estimate of drug-likeness (QED) is 0.403. The number of hydrogen-bond donors (Lipinski definition) is 1. The minimum absolute atomic E-state index is 0. The molecule has 5 heteroatoms. The molecular formula is C24H21N3OS. The van der Waals surface area contributed by atoms with Gasteiger partial charge in [-0.1, -0.05) is 37.4 Å². The lowest BCUT2D eigenvalue weighted by molar-refractivity contribution is 1.06. The SMILES string of the molecule is C=C/C=C(\C=C)Nc1cc(=O)c2ccc(-c3ccsc3)nc2n1-c1ccccc1.[HH]. The third-order valence-electron chi connectivity index (χ3n) is 4.48. The summed E-state index contributed by atoms with van der Waals surface area (Å²) in [5, 5.41) is 7.90. The van der Waals surface area contributed by atoms with Gasteiger partial charge in [0.2, 0.25) is 0 Å². The first kappa shape index (κ1) is 18.7. The van der Waals surface area contributed by atoms with Gasteiger partial charge in [0.05, 0.1) is 11.1 Å². The second kappa shape index (κ2) is 8.12. The summed E-state index contributed by atoms with van der Waals surface area (Å²) >= 11 is 1.61. The number of pyridine rings is 2. The smallest absolute Gasteiger partial charge is 0.193 e. The first-order valence-corrected chi connectivity index (χ1v) is 10.0. The van der Waals surface area contributed by atoms with E-state index in [9.17, 15) is 4.79 Å². The van der Waals surface area contributed by atoms with Crippen LogP contribution in [0.3, 0.4) is 0 Å². The zero-order chi connectivity index (χ0) is 20.2. The molecule has 1 N–H and O–H groups in total. The van der Waals surface area contributed by atoms with E-state index in [1.807, 2.05) is 63.9 Å². The summed E-state index contributed by atoms with van der Waals surface area (Å²) in [4.78, 5) is 17.7. The summed E-state index contributed by atoms with van der Waals surface area (Å²) in [6, 6.07) is 17.2. The molecule has 0 aliphatic carbocycles. The second-order valence-corrected chi connectivity index (χ2v) is 7.11. The van der Waals surface area contributed by atoms with E-state index in [1.54, 1.807) is 35.6 Å². The maximum absolute atomic E-state index is 12.9. The number of thiophene rings is 1. The van der Waals surface area contributed by atoms with Gasteiger partial charge in [-0.05, 0) is 47.9 Å². The average molecular weight is 400 g/mol. The van der Waals surface area contributed by atoms with Crippen LogP contribution >= 0.6 is 11.3 Å². The summed E-state index contributed by atoms with van der Waals surface area (Å²) < 4.78 is 1.95. The van der Waals surface area contributed by atoms with E-state index in [2.05, 4.69) is 18.5 Å². The van der Waals surface area contributed by atoms with Gasteiger partial charge in [-0.3, -0.25) is 9.36 Å². The molecule has 0 aliphatic heterocycles. The lowest BCUT2D eigenvalue weighted by Gasteiger charge is -2.18. The minimum atomic E-state index is -0.0962. The lowest BCUT2D eigenvalue weighted by atomic mass is 10.1. The van der Waals surface area contributed by atoms with Crippen LogP contribution in [0.5, 0.6) is 0 Å². The Kier molecular flexibility index (Phi) is 5.22. The first-order chi connectivity index (χ1) is 14.2. The van der Waals surface area contributed by atoms with Crippen LogP contribution in [-0.4, -0.2) is 9.55 Å². The second-order valence-electron chi connectivity index (χ2n) is 6.33. The maximum atomic E-state index is 12.9. The van der Waals surface area contributed by atoms with E-state index in [0.29, 0.717) is 16.9 Å². The van der Waals surface area contributed by atoms with Gasteiger partial charge in [0.25, 0.3) is 0 Å². The molecule has 0 aliphatic rings. The van der Waals surface area contributed by atoms with Gasteiger partial charge >= 0.3 is 0 Å². The van der Waals surface area contributed by atoms with Crippen molar-refractivity contribution >= 4 is 28.2 Å². The molecule has 4 rings (SSSR count). The summed E-state index contributed by atoms with van der Waals surface area (Å²) in [7, 11) is 0. The predicted octanol–water partition coefficient (Wildman–Crippen LogP) is 6.03. The molecule has 0 saturated carbocycles. The van der Waals surface area contributed by atoms with Crippen molar-refractivity contribution in [2.45, 2.75) is 0 Å². The number of hydrogen-bond acceptors (Lipinski definition) is 4. The Labute approximate surface area is 174 Å². The lowest BCUT2D eigenvalue weighted by Crippen LogP contribution is -2.15. The zero-order valence-electron chi connectivity index (χ0n) is 15.7. The molecule has 0 unspecified atom stereocenters. The number of allylic oxidation sites excluding steroid dienone is 3. The van der Waals surface area contributed by atoms with E-state index in [4.69, 9.17) is 4.98 Å². The molecule has 1 aromatic carbocycles. The molecule has 0 atom stereocenters. The highest BCUT2D eigenvalue weighted by molar-refractivity contribution is 7.08. The maximum Gasteiger partial charge on any atom is 0.193 e. The van der Waals surface area contributed by atoms with Crippen LogP contribution in [0.25, 0.3) is 28.0 Å². The number of anilines is 1. The van der Waals surface area contributed by atoms with Crippen LogP contribution in [0.15, 0.2) is 107 Å². The van der Waals surface area contributed by atoms with Crippen molar-refractivity contribution in [3.05, 3.63) is 113 Å². The van der Waals surface area contributed by atoms with Crippen molar-refractivity contribution in [3.8, 4) is 16.9 Å². The van der Waals surface area contributed by atoms with Gasteiger partial charge in [-0.25, -0.2) is 4.98 Å². The van der Waals surface area contributed by atoms with Gasteiger partial charge in [0.1, 0.15) is 5.82 Å². The van der Waals surface area contributed by atoms with Crippen molar-refractivity contribution in [2.24, 2.45) is 0 Å². The number of nitrogens with zero attached hydrogens (tertiary/aromatic N) is 2. The molecule has 3 aromatic heterocycles. The van der Waals surface area contributed by atoms with Crippen molar-refractivity contribution in [1.82, 2.24) is 9.55 Å². The minimum Gasteiger partial charge on any atom is -0.341 e. The van der Waals surface area contributed by atoms with Crippen molar-refractivity contribution in [3.63, 3.8) is 0 Å². The molecule has 3 heterocycles. The van der Waals surface area contributed by atoms with Gasteiger partial charge in [0.15, 0.2) is 11.1 Å². The normalized spacial score (nSPS) is 11.4. The van der Waals surface area contributed by atoms with Gasteiger partial charge < -0.3 is 5.32 Å². The number of benzene rings is 1. The van der Waals surface area contributed by atoms with Crippen molar-refractivity contribution in [1.29, 1.82) is 0 Å². The molecule has 0 spiro atoms. The molecule has 0 fully saturated rings. The molecular weight excluding hydrogens is 378 g/mol. The summed E-state index contributed by atoms with van der Waals surface area (Å²) in [5.74, 6) is 0.608. The summed E-state index contributed by atoms with van der Waals surface area (Å²) in [6.45, 7) is 7.56. The fourth-order valence-corrected chi connectivity index (χ4v) is 3.78. The Morgan fingerprint density at radius 1 is 1.14 bits per heavy atom. The average Bonchev–Trinajstić information content (AvgIpc) is 3.29. The standard InChI is InChI=1S/C24H19N3OS.H2/c1-3-8-18(4-2)25-23-15-22(28)20-11-12-21(17-13-14-29-16-17)26-24(20)27(23)19-9-6-5-7-10-19;/h3-16,25H,1-2H2;1H/b18-8+;. The highest BCUT2D eigenvalue weighted by atomic mass is 32.1. The highest BCUT2D eigenvalue weighted by Gasteiger charge is 2.14. The molecule has 4 aromatic rings. The van der Waals surface area contributed by atoms with Crippen LogP contribution < -0.4 is 10.7 Å². The molecule has 144 valence electrons. The highest BCUT2D eigenvalue weighted by Crippen LogP contribution is 2.26. The Morgan fingerprint density at radius 3 is 2.66 bits per heavy atom. The van der Waals surface area contributed by atoms with E-state index >= 15 is 0 Å². The molecule has 0 saturated heterocycles. The number of para-hydroxylation sites is 1. The van der Waals surface area contributed by atoms with Crippen LogP contribution in [0.4, 0.5) is 5.82 Å². The van der Waals surface area contributed by atoms with E-state index in [-0.39, 0.29) is 6.86 Å². The van der Waals surface area contributed by atoms with E-state index < -0.39 is 0 Å². The zero-order valence-corrected chi connectivity index (χ0v) is 16.5. The number of rotatable bonds is 6. The fourth-order valence-electron chi connectivity index (χ4n) is 3.13. The van der Waals surface area contributed by atoms with E-state index in [1.165, 1.54) is 0 Å². The first-order valence-electron chi connectivity index (χ1n) is 9.08. The number of nitrogens with one attached hydrogen (secondary N) is 1. The van der Waals surface area contributed by atoms with Gasteiger partial charge in [-0.2, -0.15) is 11.3 Å². The molecule has 4 nitrogen and oxygen atoms in total. The van der Waals surface area contributed by atoms with Crippen LogP contribution in [0.1, 0.15) is 1.43 Å². The molecule has 29 heavy (non-hydrogen) atoms. The number of fused-ring (bicyclic) bond motifs is 1. The van der Waals surface area contributed by atoms with Gasteiger partial charge in [-0.15, -0.1) is 0 Å². The Bertz CT molecular complexity index is 1280. The third-order valence-corrected chi connectivity index (χ3v) is 5.17. The van der Waals surface area contributed by atoms with Crippen LogP contribution in [0.2, 0.25) is 0 Å².